The van der Waals surface area contributed by atoms with Gasteiger partial charge in [0.15, 0.2) is 0 Å². The lowest BCUT2D eigenvalue weighted by atomic mass is 10.1. The number of anilines is 3. The molecule has 0 bridgehead atoms. The average molecular weight is 488 g/mol. The zero-order valence-electron chi connectivity index (χ0n) is 18.9. The molecule has 0 aliphatic carbocycles. The molecule has 7 nitrogen and oxygen atoms in total. The molecule has 0 aliphatic heterocycles. The Kier molecular flexibility index (Phi) is 6.07. The molecule has 0 amide bonds. The van der Waals surface area contributed by atoms with E-state index < -0.39 is 11.7 Å². The van der Waals surface area contributed by atoms with Crippen molar-refractivity contribution in [3.05, 3.63) is 90.9 Å². The number of halogens is 3. The fourth-order valence-electron chi connectivity index (χ4n) is 3.68. The molecule has 0 saturated heterocycles. The molecule has 0 spiro atoms. The normalized spacial score (nSPS) is 11.3. The van der Waals surface area contributed by atoms with Crippen LogP contribution in [0.5, 0.6) is 11.6 Å². The van der Waals surface area contributed by atoms with Crippen LogP contribution in [0.15, 0.2) is 85.3 Å². The summed E-state index contributed by atoms with van der Waals surface area (Å²) in [5.74, 6) is 1.71. The van der Waals surface area contributed by atoms with E-state index in [1.54, 1.807) is 62.0 Å². The number of alkyl halides is 3. The van der Waals surface area contributed by atoms with Crippen LogP contribution in [0.4, 0.5) is 30.6 Å². The van der Waals surface area contributed by atoms with Crippen LogP contribution in [-0.4, -0.2) is 27.0 Å². The highest BCUT2D eigenvalue weighted by Crippen LogP contribution is 2.37. The molecule has 0 saturated carbocycles. The van der Waals surface area contributed by atoms with Gasteiger partial charge in [-0.3, -0.25) is 0 Å². The maximum atomic E-state index is 13.1. The Bertz CT molecular complexity index is 1540. The molecule has 3 heterocycles. The largest absolute Gasteiger partial charge is 0.438 e. The molecule has 36 heavy (non-hydrogen) atoms. The highest BCUT2D eigenvalue weighted by molar-refractivity contribution is 5.97. The molecular weight excluding hydrogens is 469 g/mol. The van der Waals surface area contributed by atoms with Gasteiger partial charge in [-0.1, -0.05) is 18.2 Å². The summed E-state index contributed by atoms with van der Waals surface area (Å²) in [4.78, 5) is 17.3. The van der Waals surface area contributed by atoms with Crippen molar-refractivity contribution in [1.29, 1.82) is 0 Å². The molecule has 5 aromatic rings. The van der Waals surface area contributed by atoms with Gasteiger partial charge in [0.25, 0.3) is 0 Å². The first-order valence-corrected chi connectivity index (χ1v) is 10.9. The smallest absolute Gasteiger partial charge is 0.416 e. The van der Waals surface area contributed by atoms with Gasteiger partial charge in [0.05, 0.1) is 16.8 Å². The van der Waals surface area contributed by atoms with Crippen LogP contribution in [0, 0.1) is 0 Å². The van der Waals surface area contributed by atoms with Crippen LogP contribution in [0.1, 0.15) is 5.56 Å². The predicted molar refractivity (Wildman–Crippen MR) is 131 cm³/mol. The number of hydrogen-bond donors (Lipinski definition) is 2. The third-order valence-electron chi connectivity index (χ3n) is 5.35. The lowest BCUT2D eigenvalue weighted by molar-refractivity contribution is -0.137. The first kappa shape index (κ1) is 23.0. The number of nitrogens with one attached hydrogen (secondary N) is 2. The predicted octanol–water partition coefficient (Wildman–Crippen LogP) is 6.68. The summed E-state index contributed by atoms with van der Waals surface area (Å²) in [5, 5.41) is 7.28. The van der Waals surface area contributed by atoms with E-state index in [1.165, 1.54) is 6.07 Å². The summed E-state index contributed by atoms with van der Waals surface area (Å²) in [7, 11) is 1.73. The Morgan fingerprint density at radius 2 is 1.64 bits per heavy atom. The molecule has 3 aromatic heterocycles. The van der Waals surface area contributed by atoms with Crippen molar-refractivity contribution in [2.24, 2.45) is 0 Å². The third-order valence-corrected chi connectivity index (χ3v) is 5.35. The number of aromatic nitrogens is 4. The van der Waals surface area contributed by atoms with Gasteiger partial charge in [-0.25, -0.2) is 19.9 Å². The highest BCUT2D eigenvalue weighted by Gasteiger charge is 2.30. The Balaban J connectivity index is 1.51. The Morgan fingerprint density at radius 3 is 2.47 bits per heavy atom. The van der Waals surface area contributed by atoms with Crippen LogP contribution in [0.2, 0.25) is 0 Å². The number of ether oxygens (including phenoxy) is 1. The standard InChI is InChI=1S/C26H19F3N6O/c1-30-25-33-14-11-21(35-25)20-8-4-12-32-24(20)36-22-9-3-7-19-18(22)10-13-31-23(19)34-17-6-2-5-16(15-17)26(27,28)29/h2-15H,1H3,(H,31,34)(H,30,33,35). The van der Waals surface area contributed by atoms with E-state index in [1.807, 2.05) is 12.1 Å². The van der Waals surface area contributed by atoms with E-state index in [-0.39, 0.29) is 5.69 Å². The Morgan fingerprint density at radius 1 is 0.806 bits per heavy atom. The van der Waals surface area contributed by atoms with E-state index in [2.05, 4.69) is 30.6 Å². The van der Waals surface area contributed by atoms with Crippen LogP contribution < -0.4 is 15.4 Å². The molecule has 5 rings (SSSR count). The summed E-state index contributed by atoms with van der Waals surface area (Å²) in [6, 6.07) is 17.5. The molecule has 0 radical (unpaired) electrons. The topological polar surface area (TPSA) is 84.9 Å². The van der Waals surface area contributed by atoms with Gasteiger partial charge >= 0.3 is 6.18 Å². The molecule has 0 aliphatic rings. The molecule has 2 N–H and O–H groups in total. The Hall–Kier alpha value is -4.73. The van der Waals surface area contributed by atoms with Gasteiger partial charge in [-0.05, 0) is 48.5 Å². The van der Waals surface area contributed by atoms with Crippen molar-refractivity contribution in [3.8, 4) is 22.9 Å². The fraction of sp³-hybridized carbons (Fsp3) is 0.0769. The lowest BCUT2D eigenvalue weighted by Gasteiger charge is -2.14. The van der Waals surface area contributed by atoms with Gasteiger partial charge in [-0.15, -0.1) is 0 Å². The molecule has 0 unspecified atom stereocenters. The van der Waals surface area contributed by atoms with E-state index in [0.29, 0.717) is 45.4 Å². The molecule has 0 fully saturated rings. The second kappa shape index (κ2) is 9.49. The summed E-state index contributed by atoms with van der Waals surface area (Å²) >= 11 is 0. The molecule has 180 valence electrons. The van der Waals surface area contributed by atoms with Gasteiger partial charge in [0, 0.05) is 42.1 Å². The zero-order chi connectivity index (χ0) is 25.1. The maximum absolute atomic E-state index is 13.1. The van der Waals surface area contributed by atoms with Gasteiger partial charge < -0.3 is 15.4 Å². The fourth-order valence-corrected chi connectivity index (χ4v) is 3.68. The summed E-state index contributed by atoms with van der Waals surface area (Å²) in [6.07, 6.45) is 0.379. The minimum absolute atomic E-state index is 0.271. The minimum Gasteiger partial charge on any atom is -0.438 e. The first-order chi connectivity index (χ1) is 17.4. The lowest BCUT2D eigenvalue weighted by Crippen LogP contribution is -2.05. The molecule has 2 aromatic carbocycles. The van der Waals surface area contributed by atoms with Gasteiger partial charge in [-0.2, -0.15) is 13.2 Å². The van der Waals surface area contributed by atoms with Crippen molar-refractivity contribution in [1.82, 2.24) is 19.9 Å². The molecule has 10 heteroatoms. The van der Waals surface area contributed by atoms with Crippen LogP contribution in [-0.2, 0) is 6.18 Å². The molecule has 0 atom stereocenters. The van der Waals surface area contributed by atoms with Crippen LogP contribution in [0.25, 0.3) is 22.0 Å². The number of benzene rings is 2. The van der Waals surface area contributed by atoms with Crippen LogP contribution >= 0.6 is 0 Å². The second-order valence-electron chi connectivity index (χ2n) is 7.69. The number of nitrogens with zero attached hydrogens (tertiary/aromatic N) is 4. The summed E-state index contributed by atoms with van der Waals surface area (Å²) < 4.78 is 45.6. The van der Waals surface area contributed by atoms with Crippen LogP contribution in [0.3, 0.4) is 0 Å². The first-order valence-electron chi connectivity index (χ1n) is 10.9. The number of pyridine rings is 2. The summed E-state index contributed by atoms with van der Waals surface area (Å²) in [5.41, 5.74) is 0.828. The van der Waals surface area contributed by atoms with Gasteiger partial charge in [0.1, 0.15) is 11.6 Å². The summed E-state index contributed by atoms with van der Waals surface area (Å²) in [6.45, 7) is 0. The zero-order valence-corrected chi connectivity index (χ0v) is 18.9. The number of fused-ring (bicyclic) bond motifs is 1. The van der Waals surface area contributed by atoms with Crippen molar-refractivity contribution >= 4 is 28.2 Å². The van der Waals surface area contributed by atoms with E-state index in [9.17, 15) is 13.2 Å². The van der Waals surface area contributed by atoms with Crippen molar-refractivity contribution < 1.29 is 17.9 Å². The highest BCUT2D eigenvalue weighted by atomic mass is 19.4. The number of hydrogen-bond acceptors (Lipinski definition) is 7. The SMILES string of the molecule is CNc1nccc(-c2cccnc2Oc2cccc3c(Nc4cccc(C(F)(F)F)c4)nccc23)n1. The van der Waals surface area contributed by atoms with Crippen molar-refractivity contribution in [2.45, 2.75) is 6.18 Å². The van der Waals surface area contributed by atoms with E-state index in [0.717, 1.165) is 12.1 Å². The van der Waals surface area contributed by atoms with Crippen molar-refractivity contribution in [3.63, 3.8) is 0 Å². The van der Waals surface area contributed by atoms with Gasteiger partial charge in [0.2, 0.25) is 11.8 Å². The molecular formula is C26H19F3N6O. The van der Waals surface area contributed by atoms with E-state index in [4.69, 9.17) is 4.74 Å². The maximum Gasteiger partial charge on any atom is 0.416 e. The quantitative estimate of drug-likeness (QED) is 0.276. The average Bonchev–Trinajstić information content (AvgIpc) is 2.89. The van der Waals surface area contributed by atoms with E-state index >= 15 is 0 Å². The third kappa shape index (κ3) is 4.74. The minimum atomic E-state index is -4.44. The van der Waals surface area contributed by atoms with Crippen molar-refractivity contribution in [2.75, 3.05) is 17.7 Å². The Labute approximate surface area is 204 Å². The number of rotatable bonds is 6. The monoisotopic (exact) mass is 488 g/mol. The second-order valence-corrected chi connectivity index (χ2v) is 7.69.